The van der Waals surface area contributed by atoms with Crippen molar-refractivity contribution in [3.8, 4) is 11.8 Å². The first-order valence-corrected chi connectivity index (χ1v) is 9.04. The maximum absolute atomic E-state index is 12.4. The van der Waals surface area contributed by atoms with Gasteiger partial charge in [-0.15, -0.1) is 11.3 Å². The molecule has 7 heteroatoms. The Hall–Kier alpha value is -2.92. The number of hydroxylamine groups is 1. The topological polar surface area (TPSA) is 104 Å². The van der Waals surface area contributed by atoms with Gasteiger partial charge in [0, 0.05) is 21.5 Å². The van der Waals surface area contributed by atoms with E-state index in [0.29, 0.717) is 5.56 Å². The molecule has 0 aliphatic rings. The van der Waals surface area contributed by atoms with Gasteiger partial charge in [0.25, 0.3) is 11.8 Å². The molecule has 140 valence electrons. The van der Waals surface area contributed by atoms with E-state index in [9.17, 15) is 9.59 Å². The van der Waals surface area contributed by atoms with Gasteiger partial charge in [0.2, 0.25) is 0 Å². The zero-order valence-corrected chi connectivity index (χ0v) is 15.8. The Morgan fingerprint density at radius 3 is 2.52 bits per heavy atom. The first-order valence-electron chi connectivity index (χ1n) is 8.16. The fourth-order valence-corrected chi connectivity index (χ4v) is 2.83. The molecule has 2 amide bonds. The lowest BCUT2D eigenvalue weighted by molar-refractivity contribution is -0.132. The molecule has 2 aromatic rings. The van der Waals surface area contributed by atoms with Gasteiger partial charge in [-0.25, -0.2) is 5.48 Å². The van der Waals surface area contributed by atoms with Crippen LogP contribution in [0.2, 0.25) is 0 Å². The normalized spacial score (nSPS) is 12.1. The summed E-state index contributed by atoms with van der Waals surface area (Å²) in [7, 11) is 0. The van der Waals surface area contributed by atoms with Crippen molar-refractivity contribution in [1.82, 2.24) is 10.8 Å². The Morgan fingerprint density at radius 1 is 1.26 bits per heavy atom. The zero-order chi connectivity index (χ0) is 19.9. The van der Waals surface area contributed by atoms with Crippen LogP contribution in [0.4, 0.5) is 0 Å². The van der Waals surface area contributed by atoms with Crippen LogP contribution in [0.25, 0.3) is 6.08 Å². The summed E-state index contributed by atoms with van der Waals surface area (Å²) >= 11 is 1.63. The van der Waals surface area contributed by atoms with E-state index in [1.807, 2.05) is 23.6 Å². The van der Waals surface area contributed by atoms with Crippen LogP contribution in [0, 0.1) is 11.8 Å². The van der Waals surface area contributed by atoms with Gasteiger partial charge in [0.05, 0.1) is 0 Å². The van der Waals surface area contributed by atoms with Gasteiger partial charge < -0.3 is 11.1 Å². The predicted molar refractivity (Wildman–Crippen MR) is 106 cm³/mol. The fraction of sp³-hybridized carbons (Fsp3) is 0.200. The Labute approximate surface area is 162 Å². The summed E-state index contributed by atoms with van der Waals surface area (Å²) in [4.78, 5) is 25.2. The summed E-state index contributed by atoms with van der Waals surface area (Å²) in [6.07, 6.45) is 3.70. The monoisotopic (exact) mass is 383 g/mol. The van der Waals surface area contributed by atoms with E-state index in [-0.39, 0.29) is 0 Å². The highest BCUT2D eigenvalue weighted by Gasteiger charge is 2.33. The van der Waals surface area contributed by atoms with Crippen molar-refractivity contribution >= 4 is 29.2 Å². The molecule has 0 fully saturated rings. The standard InChI is InChI=1S/C20H21N3O3S/c1-20(2,21)17(19(25)23-26)22-18(24)15-11-9-14(10-12-15)6-3-4-7-16-8-5-13-27-16/h4-5,7-13,17,26H,21H2,1-2H3,(H,22,24)(H,23,25)/t17-/m1/s1. The Morgan fingerprint density at radius 2 is 1.96 bits per heavy atom. The Bertz CT molecular complexity index is 870. The van der Waals surface area contributed by atoms with Crippen molar-refractivity contribution in [3.63, 3.8) is 0 Å². The van der Waals surface area contributed by atoms with Crippen molar-refractivity contribution in [2.24, 2.45) is 5.73 Å². The minimum atomic E-state index is -1.09. The largest absolute Gasteiger partial charge is 0.338 e. The molecule has 1 aromatic heterocycles. The third kappa shape index (κ3) is 6.08. The maximum Gasteiger partial charge on any atom is 0.267 e. The van der Waals surface area contributed by atoms with Crippen molar-refractivity contribution in [2.75, 3.05) is 0 Å². The molecule has 1 heterocycles. The van der Waals surface area contributed by atoms with Crippen LogP contribution < -0.4 is 16.5 Å². The minimum absolute atomic E-state index is 0.356. The average Bonchev–Trinajstić information content (AvgIpc) is 3.15. The molecule has 0 radical (unpaired) electrons. The number of amides is 2. The molecule has 5 N–H and O–H groups in total. The van der Waals surface area contributed by atoms with Gasteiger partial charge in [-0.05, 0) is 61.7 Å². The number of thiophene rings is 1. The zero-order valence-electron chi connectivity index (χ0n) is 15.0. The van der Waals surface area contributed by atoms with Crippen LogP contribution in [0.15, 0.2) is 47.9 Å². The van der Waals surface area contributed by atoms with Crippen molar-refractivity contribution in [1.29, 1.82) is 0 Å². The summed E-state index contributed by atoms with van der Waals surface area (Å²) in [5, 5.41) is 13.4. The summed E-state index contributed by atoms with van der Waals surface area (Å²) in [6, 6.07) is 9.55. The van der Waals surface area contributed by atoms with Crippen molar-refractivity contribution in [3.05, 3.63) is 63.9 Å². The summed E-state index contributed by atoms with van der Waals surface area (Å²) in [6.45, 7) is 3.16. The molecule has 6 nitrogen and oxygen atoms in total. The molecule has 0 saturated heterocycles. The van der Waals surface area contributed by atoms with E-state index in [2.05, 4.69) is 17.2 Å². The van der Waals surface area contributed by atoms with Crippen molar-refractivity contribution in [2.45, 2.75) is 25.4 Å². The van der Waals surface area contributed by atoms with E-state index in [0.717, 1.165) is 10.4 Å². The molecule has 0 spiro atoms. The molecule has 1 aromatic carbocycles. The van der Waals surface area contributed by atoms with Gasteiger partial charge in [-0.1, -0.05) is 17.9 Å². The van der Waals surface area contributed by atoms with E-state index < -0.39 is 23.4 Å². The number of nitrogens with two attached hydrogens (primary N) is 1. The SMILES string of the molecule is CC(C)(N)[C@H](NC(=O)c1ccc(C#CC=Cc2cccs2)cc1)C(=O)NO. The van der Waals surface area contributed by atoms with Crippen LogP contribution in [0.5, 0.6) is 0 Å². The number of benzene rings is 1. The third-order valence-corrected chi connectivity index (χ3v) is 4.47. The quantitative estimate of drug-likeness (QED) is 0.361. The molecule has 0 bridgehead atoms. The molecule has 0 saturated carbocycles. The van der Waals surface area contributed by atoms with Gasteiger partial charge >= 0.3 is 0 Å². The van der Waals surface area contributed by atoms with Crippen LogP contribution in [-0.2, 0) is 4.79 Å². The lowest BCUT2D eigenvalue weighted by atomic mass is 9.95. The predicted octanol–water partition coefficient (Wildman–Crippen LogP) is 2.15. The van der Waals surface area contributed by atoms with Gasteiger partial charge in [0.1, 0.15) is 6.04 Å². The lowest BCUT2D eigenvalue weighted by Gasteiger charge is -2.29. The number of hydrogen-bond acceptors (Lipinski definition) is 5. The molecule has 0 aliphatic carbocycles. The number of allylic oxidation sites excluding steroid dienone is 1. The third-order valence-electron chi connectivity index (χ3n) is 3.63. The van der Waals surface area contributed by atoms with Crippen molar-refractivity contribution < 1.29 is 14.8 Å². The first-order chi connectivity index (χ1) is 12.8. The second-order valence-electron chi connectivity index (χ2n) is 6.40. The highest BCUT2D eigenvalue weighted by Crippen LogP contribution is 2.10. The lowest BCUT2D eigenvalue weighted by Crippen LogP contribution is -2.61. The molecule has 0 unspecified atom stereocenters. The van der Waals surface area contributed by atoms with Crippen LogP contribution in [0.1, 0.15) is 34.6 Å². The van der Waals surface area contributed by atoms with Gasteiger partial charge in [-0.2, -0.15) is 0 Å². The Kier molecular flexibility index (Phi) is 6.91. The van der Waals surface area contributed by atoms with E-state index in [4.69, 9.17) is 10.9 Å². The maximum atomic E-state index is 12.4. The number of carbonyl (C=O) groups is 2. The smallest absolute Gasteiger partial charge is 0.267 e. The van der Waals surface area contributed by atoms with E-state index in [1.165, 1.54) is 5.48 Å². The molecule has 1 atom stereocenters. The second kappa shape index (κ2) is 9.14. The molecule has 0 aliphatic heterocycles. The van der Waals surface area contributed by atoms with E-state index >= 15 is 0 Å². The molecular formula is C20H21N3O3S. The van der Waals surface area contributed by atoms with Gasteiger partial charge in [0.15, 0.2) is 0 Å². The van der Waals surface area contributed by atoms with Gasteiger partial charge in [-0.3, -0.25) is 14.8 Å². The summed E-state index contributed by atoms with van der Waals surface area (Å²) in [5.41, 5.74) is 7.48. The average molecular weight is 383 g/mol. The highest BCUT2D eigenvalue weighted by molar-refractivity contribution is 7.10. The summed E-state index contributed by atoms with van der Waals surface area (Å²) < 4.78 is 0. The van der Waals surface area contributed by atoms with Crippen LogP contribution in [-0.4, -0.2) is 28.6 Å². The van der Waals surface area contributed by atoms with Crippen LogP contribution in [0.3, 0.4) is 0 Å². The molecular weight excluding hydrogens is 362 g/mol. The van der Waals surface area contributed by atoms with Crippen LogP contribution >= 0.6 is 11.3 Å². The number of hydrogen-bond donors (Lipinski definition) is 4. The number of rotatable bonds is 5. The highest BCUT2D eigenvalue weighted by atomic mass is 32.1. The molecule has 27 heavy (non-hydrogen) atoms. The minimum Gasteiger partial charge on any atom is -0.338 e. The van der Waals surface area contributed by atoms with E-state index in [1.54, 1.807) is 55.5 Å². The number of nitrogens with one attached hydrogen (secondary N) is 2. The molecule has 2 rings (SSSR count). The Balaban J connectivity index is 2.03. The number of carbonyl (C=O) groups excluding carboxylic acids is 2. The first kappa shape index (κ1) is 20.4. The summed E-state index contributed by atoms with van der Waals surface area (Å²) in [5.74, 6) is 4.67. The second-order valence-corrected chi connectivity index (χ2v) is 7.38. The fourth-order valence-electron chi connectivity index (χ4n) is 2.21.